The Labute approximate surface area is 258 Å². The number of para-hydroxylation sites is 1. The van der Waals surface area contributed by atoms with Crippen LogP contribution in [0.15, 0.2) is 65.2 Å². The van der Waals surface area contributed by atoms with E-state index in [0.717, 1.165) is 64.4 Å². The smallest absolute Gasteiger partial charge is 0.216 e. The van der Waals surface area contributed by atoms with Crippen LogP contribution in [0.4, 0.5) is 0 Å². The molecule has 0 bridgehead atoms. The minimum Gasteiger partial charge on any atom is -0.454 e. The first-order valence-corrected chi connectivity index (χ1v) is 15.7. The van der Waals surface area contributed by atoms with Crippen LogP contribution in [0.1, 0.15) is 106 Å². The summed E-state index contributed by atoms with van der Waals surface area (Å²) in [4.78, 5) is 0. The van der Waals surface area contributed by atoms with Crippen molar-refractivity contribution in [1.82, 2.24) is 0 Å². The summed E-state index contributed by atoms with van der Waals surface area (Å²) in [5.74, 6) is -0.906. The normalized spacial score (nSPS) is 21.2. The predicted molar refractivity (Wildman–Crippen MR) is 176 cm³/mol. The van der Waals surface area contributed by atoms with Crippen molar-refractivity contribution in [3.05, 3.63) is 88.6 Å². The van der Waals surface area contributed by atoms with Gasteiger partial charge >= 0.3 is 0 Å². The predicted octanol–water partition coefficient (Wildman–Crippen LogP) is 10.6. The summed E-state index contributed by atoms with van der Waals surface area (Å²) in [5.41, 5.74) is 9.02. The fourth-order valence-electron chi connectivity index (χ4n) is 7.19. The average Bonchev–Trinajstić information content (AvgIpc) is 3.38. The van der Waals surface area contributed by atoms with Crippen LogP contribution in [0.2, 0.25) is 0 Å². The second-order valence-corrected chi connectivity index (χ2v) is 13.6. The molecule has 2 aliphatic rings. The Hall–Kier alpha value is -3.39. The van der Waals surface area contributed by atoms with Crippen molar-refractivity contribution in [3.63, 3.8) is 0 Å². The van der Waals surface area contributed by atoms with Crippen LogP contribution in [-0.4, -0.2) is 0 Å². The van der Waals surface area contributed by atoms with Gasteiger partial charge in [0.15, 0.2) is 6.20 Å². The van der Waals surface area contributed by atoms with Crippen molar-refractivity contribution in [1.29, 1.82) is 0 Å². The molecular weight excluding hydrogens is 510 g/mol. The third kappa shape index (κ3) is 4.87. The van der Waals surface area contributed by atoms with E-state index in [0.29, 0.717) is 40.7 Å². The molecule has 0 spiro atoms. The molecule has 3 aromatic carbocycles. The number of hydrogen-bond acceptors (Lipinski definition) is 1. The lowest BCUT2D eigenvalue weighted by Gasteiger charge is -2.29. The summed E-state index contributed by atoms with van der Waals surface area (Å²) >= 11 is 0. The molecule has 2 heterocycles. The molecule has 0 atom stereocenters. The van der Waals surface area contributed by atoms with Gasteiger partial charge in [0, 0.05) is 35.3 Å². The molecule has 0 aliphatic heterocycles. The summed E-state index contributed by atoms with van der Waals surface area (Å²) in [5, 5.41) is 1.95. The average molecular weight is 562 g/mol. The number of benzene rings is 3. The van der Waals surface area contributed by atoms with Crippen LogP contribution in [0.3, 0.4) is 0 Å². The monoisotopic (exact) mass is 561 g/mol. The summed E-state index contributed by atoms with van der Waals surface area (Å²) in [6.45, 7) is 8.88. The molecule has 216 valence electrons. The third-order valence-corrected chi connectivity index (χ3v) is 9.14. The minimum atomic E-state index is -1.74. The maximum Gasteiger partial charge on any atom is 0.216 e. The Bertz CT molecular complexity index is 2030. The molecule has 5 aromatic rings. The zero-order valence-electron chi connectivity index (χ0n) is 30.8. The number of fused-ring (bicyclic) bond motifs is 4. The fourth-order valence-corrected chi connectivity index (χ4v) is 7.19. The highest BCUT2D eigenvalue weighted by molar-refractivity contribution is 6.13. The van der Waals surface area contributed by atoms with Gasteiger partial charge in [-0.15, -0.1) is 0 Å². The van der Waals surface area contributed by atoms with E-state index >= 15 is 0 Å². The molecule has 0 saturated heterocycles. The largest absolute Gasteiger partial charge is 0.454 e. The quantitative estimate of drug-likeness (QED) is 0.199. The van der Waals surface area contributed by atoms with Crippen molar-refractivity contribution >= 4 is 21.9 Å². The Balaban J connectivity index is 1.49. The second kappa shape index (κ2) is 10.7. The summed E-state index contributed by atoms with van der Waals surface area (Å²) in [6.07, 6.45) is 4.11. The molecule has 2 aromatic heterocycles. The van der Waals surface area contributed by atoms with E-state index in [4.69, 9.17) is 4.42 Å². The van der Waals surface area contributed by atoms with Crippen molar-refractivity contribution in [2.24, 2.45) is 12.5 Å². The van der Waals surface area contributed by atoms with Crippen molar-refractivity contribution in [3.8, 4) is 22.4 Å². The number of aromatic nitrogens is 1. The molecule has 7 rings (SSSR count). The first-order chi connectivity index (χ1) is 22.1. The van der Waals surface area contributed by atoms with Crippen LogP contribution >= 0.6 is 0 Å². The van der Waals surface area contributed by atoms with Crippen LogP contribution in [-0.2, 0) is 26.2 Å². The zero-order chi connectivity index (χ0) is 33.5. The molecule has 0 radical (unpaired) electrons. The Morgan fingerprint density at radius 1 is 0.857 bits per heavy atom. The number of nitrogens with zero attached hydrogens (tertiary/aromatic N) is 1. The summed E-state index contributed by atoms with van der Waals surface area (Å²) in [7, 11) is 2.07. The van der Waals surface area contributed by atoms with Gasteiger partial charge in [-0.25, -0.2) is 4.57 Å². The molecule has 0 N–H and O–H groups in total. The third-order valence-electron chi connectivity index (χ3n) is 9.14. The topological polar surface area (TPSA) is 17.0 Å². The molecule has 0 unspecified atom stereocenters. The van der Waals surface area contributed by atoms with Gasteiger partial charge in [0.1, 0.15) is 18.2 Å². The van der Waals surface area contributed by atoms with Crippen LogP contribution in [0.5, 0.6) is 0 Å². The number of pyridine rings is 1. The van der Waals surface area contributed by atoms with Crippen molar-refractivity contribution in [2.45, 2.75) is 97.7 Å². The van der Waals surface area contributed by atoms with Gasteiger partial charge in [-0.1, -0.05) is 82.5 Å². The highest BCUT2D eigenvalue weighted by Crippen LogP contribution is 2.45. The fraction of sp³-hybridized carbons (Fsp3) is 0.425. The van der Waals surface area contributed by atoms with E-state index in [1.54, 1.807) is 0 Å². The number of hydrogen-bond donors (Lipinski definition) is 0. The molecule has 2 aliphatic carbocycles. The molecule has 2 heteroatoms. The van der Waals surface area contributed by atoms with E-state index in [-0.39, 0.29) is 18.3 Å². The van der Waals surface area contributed by atoms with Crippen LogP contribution in [0.25, 0.3) is 44.3 Å². The maximum absolute atomic E-state index is 9.48. The first-order valence-electron chi connectivity index (χ1n) is 18.2. The Kier molecular flexibility index (Phi) is 5.66. The molecule has 2 nitrogen and oxygen atoms in total. The minimum absolute atomic E-state index is 0.0926. The van der Waals surface area contributed by atoms with Gasteiger partial charge in [-0.05, 0) is 96.5 Å². The summed E-state index contributed by atoms with van der Waals surface area (Å²) < 4.78 is 55.4. The van der Waals surface area contributed by atoms with Gasteiger partial charge in [-0.2, -0.15) is 0 Å². The zero-order valence-corrected chi connectivity index (χ0v) is 25.8. The first kappa shape index (κ1) is 22.2. The molecule has 1 saturated carbocycles. The van der Waals surface area contributed by atoms with E-state index in [1.807, 2.05) is 24.3 Å². The number of aryl methyl sites for hydroxylation is 2. The maximum atomic E-state index is 9.48. The Morgan fingerprint density at radius 3 is 2.40 bits per heavy atom. The molecular formula is C40H46NO+. The molecule has 1 fully saturated rings. The van der Waals surface area contributed by atoms with Crippen LogP contribution in [0, 0.1) is 12.3 Å². The SMILES string of the molecule is [2H]C1([2H])CCC([2H])([2H])c2c(C3([2H])CCCCC3)ccc(-c3cccc4c3oc3c(-c5cc(CC(C)(C)C)cc[n+]5C)c(C)ccc34)c21. The Morgan fingerprint density at radius 2 is 1.62 bits per heavy atom. The second-order valence-electron chi connectivity index (χ2n) is 13.6. The van der Waals surface area contributed by atoms with E-state index < -0.39 is 18.6 Å². The van der Waals surface area contributed by atoms with Crippen molar-refractivity contribution in [2.75, 3.05) is 0 Å². The summed E-state index contributed by atoms with van der Waals surface area (Å²) in [6, 6.07) is 18.7. The van der Waals surface area contributed by atoms with Gasteiger partial charge in [-0.3, -0.25) is 0 Å². The van der Waals surface area contributed by atoms with E-state index in [9.17, 15) is 6.85 Å². The van der Waals surface area contributed by atoms with Gasteiger partial charge < -0.3 is 4.42 Å². The number of furan rings is 1. The van der Waals surface area contributed by atoms with E-state index in [1.165, 1.54) is 5.56 Å². The van der Waals surface area contributed by atoms with Gasteiger partial charge in [0.2, 0.25) is 5.69 Å². The highest BCUT2D eigenvalue weighted by atomic mass is 16.3. The van der Waals surface area contributed by atoms with E-state index in [2.05, 4.69) is 75.8 Å². The molecule has 42 heavy (non-hydrogen) atoms. The van der Waals surface area contributed by atoms with Crippen LogP contribution < -0.4 is 4.57 Å². The van der Waals surface area contributed by atoms with Gasteiger partial charge in [0.05, 0.1) is 5.56 Å². The molecule has 0 amide bonds. The lowest BCUT2D eigenvalue weighted by Crippen LogP contribution is -2.31. The highest BCUT2D eigenvalue weighted by Gasteiger charge is 2.27. The van der Waals surface area contributed by atoms with Gasteiger partial charge in [0.25, 0.3) is 0 Å². The standard InChI is InChI=1S/C40H46NO/c1-26-18-19-35-34-17-11-16-33(32-21-20-29(28-12-7-6-8-13-28)30-14-9-10-15-31(30)32)38(34)42-39(35)37(26)36-24-27(22-23-41(36)5)25-40(2,3)4/h11,16-24,28H,6-10,12-15,25H2,1-5H3/q+1/i14D2,15D2,28D. The number of rotatable bonds is 4. The lowest BCUT2D eigenvalue weighted by molar-refractivity contribution is -0.660. The van der Waals surface area contributed by atoms with Crippen molar-refractivity contribution < 1.29 is 15.8 Å². The lowest BCUT2D eigenvalue weighted by atomic mass is 9.76.